The standard InChI is InChI=1S/C9H19NO4S/c1-7(2)10-9(13)3-4-15(14)6-8(12)5-11/h7-8,11-12H,3-6H2,1-2H3,(H,10,13). The van der Waals surface area contributed by atoms with E-state index in [0.717, 1.165) is 0 Å². The third-order valence-electron chi connectivity index (χ3n) is 1.60. The highest BCUT2D eigenvalue weighted by Crippen LogP contribution is 1.93. The van der Waals surface area contributed by atoms with Crippen LogP contribution in [0.3, 0.4) is 0 Å². The molecular weight excluding hydrogens is 218 g/mol. The van der Waals surface area contributed by atoms with Crippen molar-refractivity contribution in [2.45, 2.75) is 32.4 Å². The third-order valence-corrected chi connectivity index (χ3v) is 3.01. The van der Waals surface area contributed by atoms with E-state index in [2.05, 4.69) is 5.32 Å². The molecular formula is C9H19NO4S. The second-order valence-corrected chi connectivity index (χ2v) is 5.24. The highest BCUT2D eigenvalue weighted by molar-refractivity contribution is 7.85. The lowest BCUT2D eigenvalue weighted by molar-refractivity contribution is -0.121. The van der Waals surface area contributed by atoms with Gasteiger partial charge in [0, 0.05) is 29.0 Å². The molecule has 0 saturated carbocycles. The first-order valence-corrected chi connectivity index (χ1v) is 6.37. The van der Waals surface area contributed by atoms with Crippen LogP contribution in [0, 0.1) is 0 Å². The van der Waals surface area contributed by atoms with Crippen molar-refractivity contribution in [3.63, 3.8) is 0 Å². The van der Waals surface area contributed by atoms with Crippen LogP contribution in [0.1, 0.15) is 20.3 Å². The quantitative estimate of drug-likeness (QED) is 0.530. The van der Waals surface area contributed by atoms with Crippen LogP contribution in [0.15, 0.2) is 0 Å². The molecule has 0 radical (unpaired) electrons. The zero-order valence-corrected chi connectivity index (χ0v) is 9.92. The van der Waals surface area contributed by atoms with E-state index in [0.29, 0.717) is 0 Å². The zero-order chi connectivity index (χ0) is 11.8. The molecule has 0 aromatic rings. The summed E-state index contributed by atoms with van der Waals surface area (Å²) in [6.07, 6.45) is -0.776. The van der Waals surface area contributed by atoms with Gasteiger partial charge in [-0.25, -0.2) is 0 Å². The molecule has 6 heteroatoms. The molecule has 2 atom stereocenters. The van der Waals surface area contributed by atoms with Crippen LogP contribution in [-0.4, -0.2) is 50.6 Å². The molecule has 0 heterocycles. The lowest BCUT2D eigenvalue weighted by Crippen LogP contribution is -2.31. The van der Waals surface area contributed by atoms with Gasteiger partial charge in [-0.2, -0.15) is 0 Å². The Labute approximate surface area is 92.3 Å². The molecule has 90 valence electrons. The Balaban J connectivity index is 3.66. The molecule has 3 N–H and O–H groups in total. The first-order valence-electron chi connectivity index (χ1n) is 4.89. The number of carbonyl (C=O) groups is 1. The maximum absolute atomic E-state index is 11.3. The van der Waals surface area contributed by atoms with Gasteiger partial charge >= 0.3 is 0 Å². The number of carbonyl (C=O) groups excluding carboxylic acids is 1. The first-order chi connectivity index (χ1) is 6.95. The van der Waals surface area contributed by atoms with Crippen molar-refractivity contribution in [2.24, 2.45) is 0 Å². The number of aliphatic hydroxyl groups excluding tert-OH is 2. The molecule has 0 rings (SSSR count). The van der Waals surface area contributed by atoms with Gasteiger partial charge in [-0.05, 0) is 13.8 Å². The maximum Gasteiger partial charge on any atom is 0.221 e. The normalized spacial score (nSPS) is 15.0. The van der Waals surface area contributed by atoms with Crippen LogP contribution >= 0.6 is 0 Å². The lowest BCUT2D eigenvalue weighted by atomic mass is 10.3. The molecule has 5 nitrogen and oxygen atoms in total. The topological polar surface area (TPSA) is 86.6 Å². The molecule has 0 aromatic carbocycles. The molecule has 0 spiro atoms. The minimum atomic E-state index is -1.26. The minimum Gasteiger partial charge on any atom is -0.394 e. The van der Waals surface area contributed by atoms with E-state index in [-0.39, 0.29) is 29.9 Å². The summed E-state index contributed by atoms with van der Waals surface area (Å²) in [5, 5.41) is 20.2. The molecule has 0 aliphatic rings. The fourth-order valence-corrected chi connectivity index (χ4v) is 2.07. The maximum atomic E-state index is 11.3. The first kappa shape index (κ1) is 14.5. The minimum absolute atomic E-state index is 0.0193. The van der Waals surface area contributed by atoms with Gasteiger partial charge in [-0.15, -0.1) is 0 Å². The summed E-state index contributed by atoms with van der Waals surface area (Å²) in [6, 6.07) is 0.0777. The molecule has 15 heavy (non-hydrogen) atoms. The Morgan fingerprint density at radius 1 is 1.47 bits per heavy atom. The van der Waals surface area contributed by atoms with Crippen molar-refractivity contribution in [3.8, 4) is 0 Å². The summed E-state index contributed by atoms with van der Waals surface area (Å²) in [5.74, 6) is 0.0954. The number of rotatable bonds is 7. The molecule has 0 aliphatic carbocycles. The van der Waals surface area contributed by atoms with Crippen LogP contribution in [0.5, 0.6) is 0 Å². The number of hydrogen-bond donors (Lipinski definition) is 3. The Morgan fingerprint density at radius 3 is 2.53 bits per heavy atom. The Morgan fingerprint density at radius 2 is 2.07 bits per heavy atom. The average Bonchev–Trinajstić information content (AvgIpc) is 2.13. The molecule has 1 amide bonds. The Hall–Kier alpha value is -0.460. The van der Waals surface area contributed by atoms with Gasteiger partial charge in [0.1, 0.15) is 0 Å². The molecule has 0 fully saturated rings. The SMILES string of the molecule is CC(C)NC(=O)CCS(=O)CC(O)CO. The van der Waals surface area contributed by atoms with Crippen LogP contribution in [0.2, 0.25) is 0 Å². The largest absolute Gasteiger partial charge is 0.394 e. The van der Waals surface area contributed by atoms with E-state index in [1.807, 2.05) is 13.8 Å². The molecule has 2 unspecified atom stereocenters. The average molecular weight is 237 g/mol. The summed E-state index contributed by atoms with van der Waals surface area (Å²) in [5.41, 5.74) is 0. The van der Waals surface area contributed by atoms with Crippen molar-refractivity contribution in [1.82, 2.24) is 5.32 Å². The number of nitrogens with one attached hydrogen (secondary N) is 1. The summed E-state index contributed by atoms with van der Waals surface area (Å²) >= 11 is 0. The van der Waals surface area contributed by atoms with Crippen LogP contribution < -0.4 is 5.32 Å². The van der Waals surface area contributed by atoms with Gasteiger partial charge in [0.15, 0.2) is 0 Å². The highest BCUT2D eigenvalue weighted by atomic mass is 32.2. The smallest absolute Gasteiger partial charge is 0.221 e. The van der Waals surface area contributed by atoms with Crippen LogP contribution in [-0.2, 0) is 15.6 Å². The van der Waals surface area contributed by atoms with E-state index in [1.165, 1.54) is 0 Å². The van der Waals surface area contributed by atoms with Gasteiger partial charge < -0.3 is 15.5 Å². The van der Waals surface area contributed by atoms with Crippen molar-refractivity contribution >= 4 is 16.7 Å². The van der Waals surface area contributed by atoms with Crippen molar-refractivity contribution in [3.05, 3.63) is 0 Å². The summed E-state index contributed by atoms with van der Waals surface area (Å²) in [7, 11) is -1.26. The van der Waals surface area contributed by atoms with Gasteiger partial charge in [0.2, 0.25) is 5.91 Å². The van der Waals surface area contributed by atoms with E-state index < -0.39 is 23.5 Å². The van der Waals surface area contributed by atoms with Gasteiger partial charge in [-0.1, -0.05) is 0 Å². The lowest BCUT2D eigenvalue weighted by Gasteiger charge is -2.09. The monoisotopic (exact) mass is 237 g/mol. The second kappa shape index (κ2) is 7.78. The van der Waals surface area contributed by atoms with Crippen molar-refractivity contribution in [1.29, 1.82) is 0 Å². The Kier molecular flexibility index (Phi) is 7.54. The molecule has 0 bridgehead atoms. The van der Waals surface area contributed by atoms with Gasteiger partial charge in [0.05, 0.1) is 18.5 Å². The second-order valence-electron chi connectivity index (χ2n) is 3.62. The van der Waals surface area contributed by atoms with E-state index in [9.17, 15) is 9.00 Å². The highest BCUT2D eigenvalue weighted by Gasteiger charge is 2.10. The van der Waals surface area contributed by atoms with Crippen LogP contribution in [0.4, 0.5) is 0 Å². The van der Waals surface area contributed by atoms with Crippen molar-refractivity contribution < 1.29 is 19.2 Å². The molecule has 0 aliphatic heterocycles. The van der Waals surface area contributed by atoms with Crippen LogP contribution in [0.25, 0.3) is 0 Å². The van der Waals surface area contributed by atoms with Gasteiger partial charge in [-0.3, -0.25) is 9.00 Å². The third kappa shape index (κ3) is 8.53. The van der Waals surface area contributed by atoms with E-state index in [4.69, 9.17) is 10.2 Å². The van der Waals surface area contributed by atoms with E-state index >= 15 is 0 Å². The zero-order valence-electron chi connectivity index (χ0n) is 9.10. The fourth-order valence-electron chi connectivity index (χ4n) is 0.951. The fraction of sp³-hybridized carbons (Fsp3) is 0.889. The predicted octanol–water partition coefficient (Wildman–Crippen LogP) is -0.997. The number of aliphatic hydroxyl groups is 2. The summed E-state index contributed by atoms with van der Waals surface area (Å²) in [6.45, 7) is 3.30. The summed E-state index contributed by atoms with van der Waals surface area (Å²) < 4.78 is 11.3. The van der Waals surface area contributed by atoms with E-state index in [1.54, 1.807) is 0 Å². The predicted molar refractivity (Wildman–Crippen MR) is 58.9 cm³/mol. The number of amides is 1. The Bertz CT molecular complexity index is 220. The summed E-state index contributed by atoms with van der Waals surface area (Å²) in [4.78, 5) is 11.2. The number of hydrogen-bond acceptors (Lipinski definition) is 4. The van der Waals surface area contributed by atoms with Gasteiger partial charge in [0.25, 0.3) is 0 Å². The molecule has 0 aromatic heterocycles. The van der Waals surface area contributed by atoms with Crippen molar-refractivity contribution in [2.75, 3.05) is 18.1 Å². The molecule has 0 saturated heterocycles.